The third-order valence-electron chi connectivity index (χ3n) is 2.85. The minimum absolute atomic E-state index is 0.361. The van der Waals surface area contributed by atoms with E-state index >= 15 is 0 Å². The van der Waals surface area contributed by atoms with Crippen molar-refractivity contribution >= 4 is 0 Å². The molecule has 0 amide bonds. The SMILES string of the molecule is CC(C)C[C@H](O)COCCOCCOC[C@@H](O)CC(C)C. The molecule has 0 spiro atoms. The molecule has 5 heteroatoms. The van der Waals surface area contributed by atoms with Crippen LogP contribution in [-0.4, -0.2) is 62.1 Å². The summed E-state index contributed by atoms with van der Waals surface area (Å²) in [5.41, 5.74) is 0. The van der Waals surface area contributed by atoms with Crippen molar-refractivity contribution in [2.75, 3.05) is 39.6 Å². The predicted molar refractivity (Wildman–Crippen MR) is 83.4 cm³/mol. The van der Waals surface area contributed by atoms with Crippen LogP contribution in [0.3, 0.4) is 0 Å². The Kier molecular flexibility index (Phi) is 13.3. The lowest BCUT2D eigenvalue weighted by molar-refractivity contribution is -0.0259. The van der Waals surface area contributed by atoms with Crippen molar-refractivity contribution in [3.8, 4) is 0 Å². The van der Waals surface area contributed by atoms with E-state index in [1.807, 2.05) is 0 Å². The zero-order valence-corrected chi connectivity index (χ0v) is 14.1. The van der Waals surface area contributed by atoms with Gasteiger partial charge in [-0.3, -0.25) is 0 Å². The Bertz CT molecular complexity index is 199. The van der Waals surface area contributed by atoms with Gasteiger partial charge in [-0.1, -0.05) is 27.7 Å². The van der Waals surface area contributed by atoms with E-state index in [0.717, 1.165) is 12.8 Å². The zero-order valence-electron chi connectivity index (χ0n) is 14.1. The molecule has 0 fully saturated rings. The maximum Gasteiger partial charge on any atom is 0.0776 e. The van der Waals surface area contributed by atoms with E-state index in [0.29, 0.717) is 51.5 Å². The quantitative estimate of drug-likeness (QED) is 0.479. The molecular weight excluding hydrogens is 272 g/mol. The second-order valence-corrected chi connectivity index (χ2v) is 6.33. The average molecular weight is 306 g/mol. The molecule has 2 atom stereocenters. The van der Waals surface area contributed by atoms with Crippen molar-refractivity contribution in [1.82, 2.24) is 0 Å². The highest BCUT2D eigenvalue weighted by Crippen LogP contribution is 2.05. The molecule has 0 radical (unpaired) electrons. The molecule has 0 aliphatic rings. The molecule has 0 rings (SSSR count). The van der Waals surface area contributed by atoms with Crippen LogP contribution in [-0.2, 0) is 14.2 Å². The van der Waals surface area contributed by atoms with Gasteiger partial charge in [0.2, 0.25) is 0 Å². The highest BCUT2D eigenvalue weighted by atomic mass is 16.5. The summed E-state index contributed by atoms with van der Waals surface area (Å²) in [6.45, 7) is 11.0. The molecule has 0 saturated carbocycles. The molecule has 0 aromatic carbocycles. The van der Waals surface area contributed by atoms with E-state index in [1.54, 1.807) is 0 Å². The zero-order chi connectivity index (χ0) is 16.1. The molecule has 0 aliphatic carbocycles. The number of hydrogen-bond acceptors (Lipinski definition) is 5. The Labute approximate surface area is 129 Å². The first-order valence-electron chi connectivity index (χ1n) is 8.01. The standard InChI is InChI=1S/C16H34O5/c1-13(2)9-15(17)11-20-7-5-19-6-8-21-12-16(18)10-14(3)4/h13-18H,5-12H2,1-4H3/t15-,16-/m0/s1. The summed E-state index contributed by atoms with van der Waals surface area (Å²) in [6, 6.07) is 0. The predicted octanol–water partition coefficient (Wildman–Crippen LogP) is 1.85. The van der Waals surface area contributed by atoms with Crippen molar-refractivity contribution in [2.45, 2.75) is 52.7 Å². The minimum Gasteiger partial charge on any atom is -0.391 e. The monoisotopic (exact) mass is 306 g/mol. The number of hydrogen-bond donors (Lipinski definition) is 2. The van der Waals surface area contributed by atoms with E-state index in [1.165, 1.54) is 0 Å². The molecule has 0 aromatic rings. The largest absolute Gasteiger partial charge is 0.391 e. The third-order valence-corrected chi connectivity index (χ3v) is 2.85. The fourth-order valence-electron chi connectivity index (χ4n) is 2.00. The minimum atomic E-state index is -0.393. The van der Waals surface area contributed by atoms with Crippen LogP contribution in [0.4, 0.5) is 0 Å². The van der Waals surface area contributed by atoms with Crippen molar-refractivity contribution in [3.63, 3.8) is 0 Å². The summed E-state index contributed by atoms with van der Waals surface area (Å²) < 4.78 is 16.0. The van der Waals surface area contributed by atoms with Gasteiger partial charge in [-0.25, -0.2) is 0 Å². The summed E-state index contributed by atoms with van der Waals surface area (Å²) in [5.74, 6) is 0.950. The van der Waals surface area contributed by atoms with Gasteiger partial charge in [0.1, 0.15) is 0 Å². The van der Waals surface area contributed by atoms with Crippen LogP contribution in [0.15, 0.2) is 0 Å². The third kappa shape index (κ3) is 16.0. The van der Waals surface area contributed by atoms with Crippen LogP contribution in [0.25, 0.3) is 0 Å². The molecule has 0 aliphatic heterocycles. The highest BCUT2D eigenvalue weighted by molar-refractivity contribution is 4.57. The lowest BCUT2D eigenvalue weighted by Crippen LogP contribution is -2.20. The van der Waals surface area contributed by atoms with Gasteiger partial charge in [-0.2, -0.15) is 0 Å². The Morgan fingerprint density at radius 3 is 1.29 bits per heavy atom. The fourth-order valence-corrected chi connectivity index (χ4v) is 2.00. The van der Waals surface area contributed by atoms with Crippen molar-refractivity contribution < 1.29 is 24.4 Å². The molecule has 0 unspecified atom stereocenters. The van der Waals surface area contributed by atoms with Crippen LogP contribution in [0.1, 0.15) is 40.5 Å². The van der Waals surface area contributed by atoms with E-state index in [2.05, 4.69) is 27.7 Å². The topological polar surface area (TPSA) is 68.2 Å². The highest BCUT2D eigenvalue weighted by Gasteiger charge is 2.07. The summed E-state index contributed by atoms with van der Waals surface area (Å²) >= 11 is 0. The average Bonchev–Trinajstić information content (AvgIpc) is 2.34. The number of rotatable bonds is 14. The maximum atomic E-state index is 9.60. The first-order chi connectivity index (χ1) is 9.91. The Morgan fingerprint density at radius 2 is 0.952 bits per heavy atom. The second-order valence-electron chi connectivity index (χ2n) is 6.33. The summed E-state index contributed by atoms with van der Waals surface area (Å²) in [7, 11) is 0. The van der Waals surface area contributed by atoms with Gasteiger partial charge >= 0.3 is 0 Å². The smallest absolute Gasteiger partial charge is 0.0776 e. The lowest BCUT2D eigenvalue weighted by atomic mass is 10.1. The normalized spacial score (nSPS) is 14.9. The van der Waals surface area contributed by atoms with E-state index in [4.69, 9.17) is 14.2 Å². The van der Waals surface area contributed by atoms with Crippen LogP contribution in [0.2, 0.25) is 0 Å². The van der Waals surface area contributed by atoms with Gasteiger partial charge in [0.25, 0.3) is 0 Å². The van der Waals surface area contributed by atoms with Crippen LogP contribution in [0, 0.1) is 11.8 Å². The molecule has 0 heterocycles. The van der Waals surface area contributed by atoms with Crippen molar-refractivity contribution in [3.05, 3.63) is 0 Å². The summed E-state index contributed by atoms with van der Waals surface area (Å²) in [5, 5.41) is 19.2. The fraction of sp³-hybridized carbons (Fsp3) is 1.00. The van der Waals surface area contributed by atoms with E-state index in [-0.39, 0.29) is 0 Å². The van der Waals surface area contributed by atoms with Crippen LogP contribution < -0.4 is 0 Å². The van der Waals surface area contributed by atoms with Gasteiger partial charge in [-0.05, 0) is 24.7 Å². The molecule has 0 aromatic heterocycles. The van der Waals surface area contributed by atoms with Crippen LogP contribution >= 0.6 is 0 Å². The summed E-state index contributed by atoms with van der Waals surface area (Å²) in [6.07, 6.45) is 0.729. The number of aliphatic hydroxyl groups is 2. The van der Waals surface area contributed by atoms with E-state index in [9.17, 15) is 10.2 Å². The van der Waals surface area contributed by atoms with Crippen molar-refractivity contribution in [1.29, 1.82) is 0 Å². The van der Waals surface area contributed by atoms with Gasteiger partial charge in [0.15, 0.2) is 0 Å². The molecule has 128 valence electrons. The molecule has 21 heavy (non-hydrogen) atoms. The Balaban J connectivity index is 3.22. The van der Waals surface area contributed by atoms with Gasteiger partial charge in [0, 0.05) is 0 Å². The molecule has 2 N–H and O–H groups in total. The molecule has 0 saturated heterocycles. The molecular formula is C16H34O5. The lowest BCUT2D eigenvalue weighted by Gasteiger charge is -2.14. The Morgan fingerprint density at radius 1 is 0.619 bits per heavy atom. The molecule has 0 bridgehead atoms. The molecule has 5 nitrogen and oxygen atoms in total. The number of ether oxygens (including phenoxy) is 3. The van der Waals surface area contributed by atoms with E-state index < -0.39 is 12.2 Å². The van der Waals surface area contributed by atoms with Gasteiger partial charge < -0.3 is 24.4 Å². The first-order valence-corrected chi connectivity index (χ1v) is 8.01. The first kappa shape index (κ1) is 20.8. The Hall–Kier alpha value is -0.200. The van der Waals surface area contributed by atoms with Gasteiger partial charge in [-0.15, -0.1) is 0 Å². The van der Waals surface area contributed by atoms with Crippen LogP contribution in [0.5, 0.6) is 0 Å². The van der Waals surface area contributed by atoms with Crippen molar-refractivity contribution in [2.24, 2.45) is 11.8 Å². The maximum absolute atomic E-state index is 9.60. The summed E-state index contributed by atoms with van der Waals surface area (Å²) in [4.78, 5) is 0. The second kappa shape index (κ2) is 13.5. The number of aliphatic hydroxyl groups excluding tert-OH is 2. The van der Waals surface area contributed by atoms with Gasteiger partial charge in [0.05, 0.1) is 51.8 Å².